The maximum absolute atomic E-state index is 12.6. The summed E-state index contributed by atoms with van der Waals surface area (Å²) in [6.45, 7) is 5.44. The Morgan fingerprint density at radius 2 is 1.84 bits per heavy atom. The molecule has 2 aromatic rings. The number of fused-ring (bicyclic) bond motifs is 2. The average Bonchev–Trinajstić information content (AvgIpc) is 2.87. The van der Waals surface area contributed by atoms with Crippen LogP contribution in [-0.2, 0) is 19.1 Å². The number of esters is 2. The summed E-state index contributed by atoms with van der Waals surface area (Å²) >= 11 is 0.897. The van der Waals surface area contributed by atoms with Crippen LogP contribution in [0.4, 0.5) is 0 Å². The smallest absolute Gasteiger partial charge is 0.337 e. The third-order valence-corrected chi connectivity index (χ3v) is 5.46. The van der Waals surface area contributed by atoms with Crippen molar-refractivity contribution in [1.82, 2.24) is 4.98 Å². The molecule has 1 aliphatic rings. The summed E-state index contributed by atoms with van der Waals surface area (Å²) in [4.78, 5) is 29.7. The number of aryl methyl sites for hydroxylation is 1. The second-order valence-electron chi connectivity index (χ2n) is 5.76. The first kappa shape index (κ1) is 17.7. The first-order valence-electron chi connectivity index (χ1n) is 8.06. The predicted octanol–water partition coefficient (Wildman–Crippen LogP) is 2.55. The van der Waals surface area contributed by atoms with Crippen LogP contribution in [0.15, 0.2) is 29.3 Å². The van der Waals surface area contributed by atoms with Crippen LogP contribution < -0.4 is 0 Å². The van der Waals surface area contributed by atoms with Crippen LogP contribution in [0.5, 0.6) is 0 Å². The number of nitrogens with zero attached hydrogens (tertiary/aromatic N) is 1. The lowest BCUT2D eigenvalue weighted by molar-refractivity contribution is -0.163. The maximum Gasteiger partial charge on any atom is 0.337 e. The Balaban J connectivity index is 2.13. The predicted molar refractivity (Wildman–Crippen MR) is 93.3 cm³/mol. The van der Waals surface area contributed by atoms with Gasteiger partial charge in [-0.25, -0.2) is 14.6 Å². The van der Waals surface area contributed by atoms with E-state index in [4.69, 9.17) is 9.47 Å². The van der Waals surface area contributed by atoms with Gasteiger partial charge in [0.25, 0.3) is 0 Å². The highest BCUT2D eigenvalue weighted by Gasteiger charge is 2.61. The van der Waals surface area contributed by atoms with Gasteiger partial charge in [0.05, 0.1) is 18.7 Å². The Labute approximate surface area is 149 Å². The lowest BCUT2D eigenvalue weighted by atomic mass is 9.95. The quantitative estimate of drug-likeness (QED) is 0.661. The highest BCUT2D eigenvalue weighted by atomic mass is 32.2. The molecular formula is C18H19NO5S. The minimum atomic E-state index is -1.88. The molecule has 0 unspecified atom stereocenters. The number of rotatable bonds is 4. The molecule has 1 N–H and O–H groups in total. The molecule has 132 valence electrons. The van der Waals surface area contributed by atoms with Crippen LogP contribution in [0.25, 0.3) is 10.9 Å². The molecule has 3 rings (SSSR count). The van der Waals surface area contributed by atoms with Crippen molar-refractivity contribution < 1.29 is 24.2 Å². The third kappa shape index (κ3) is 2.77. The highest BCUT2D eigenvalue weighted by molar-refractivity contribution is 8.02. The van der Waals surface area contributed by atoms with Crippen molar-refractivity contribution in [1.29, 1.82) is 0 Å². The van der Waals surface area contributed by atoms with E-state index < -0.39 is 22.8 Å². The van der Waals surface area contributed by atoms with Crippen LogP contribution in [0.1, 0.15) is 31.1 Å². The van der Waals surface area contributed by atoms with E-state index in [1.165, 1.54) is 0 Å². The monoisotopic (exact) mass is 361 g/mol. The van der Waals surface area contributed by atoms with Gasteiger partial charge in [-0.2, -0.15) is 0 Å². The molecule has 1 aliphatic heterocycles. The number of ether oxygens (including phenoxy) is 2. The Morgan fingerprint density at radius 3 is 2.44 bits per heavy atom. The van der Waals surface area contributed by atoms with Gasteiger partial charge in [-0.15, -0.1) is 0 Å². The molecule has 0 saturated heterocycles. The minimum absolute atomic E-state index is 0.0954. The summed E-state index contributed by atoms with van der Waals surface area (Å²) in [5, 5.41) is 12.1. The SMILES string of the molecule is CCOC(=O)C1(C(=O)OCC)Sc2nc3ccc(C)cc3cc2[C@@H]1O. The summed E-state index contributed by atoms with van der Waals surface area (Å²) < 4.78 is 8.25. The van der Waals surface area contributed by atoms with E-state index in [0.717, 1.165) is 28.2 Å². The molecule has 0 bridgehead atoms. The van der Waals surface area contributed by atoms with Gasteiger partial charge in [-0.05, 0) is 39.0 Å². The maximum atomic E-state index is 12.6. The Kier molecular flexibility index (Phi) is 4.71. The molecule has 7 heteroatoms. The summed E-state index contributed by atoms with van der Waals surface area (Å²) in [5.74, 6) is -1.63. The van der Waals surface area contributed by atoms with E-state index in [1.54, 1.807) is 19.9 Å². The minimum Gasteiger partial charge on any atom is -0.464 e. The molecule has 2 heterocycles. The molecule has 1 aromatic heterocycles. The highest BCUT2D eigenvalue weighted by Crippen LogP contribution is 2.53. The Morgan fingerprint density at radius 1 is 1.20 bits per heavy atom. The number of thioether (sulfide) groups is 1. The van der Waals surface area contributed by atoms with Gasteiger partial charge in [0.15, 0.2) is 0 Å². The molecule has 25 heavy (non-hydrogen) atoms. The standard InChI is InChI=1S/C18H19NO5S/c1-4-23-16(21)18(17(22)24-5-2)14(20)12-9-11-8-10(3)6-7-13(11)19-15(12)25-18/h6-9,14,20H,4-5H2,1-3H3/t14-/m0/s1. The van der Waals surface area contributed by atoms with Gasteiger partial charge in [-0.1, -0.05) is 23.4 Å². The van der Waals surface area contributed by atoms with Gasteiger partial charge in [0.1, 0.15) is 11.1 Å². The molecule has 0 spiro atoms. The number of carbonyl (C=O) groups is 2. The van der Waals surface area contributed by atoms with Gasteiger partial charge in [-0.3, -0.25) is 0 Å². The lowest BCUT2D eigenvalue weighted by Gasteiger charge is -2.26. The number of benzene rings is 1. The van der Waals surface area contributed by atoms with Crippen molar-refractivity contribution in [2.75, 3.05) is 13.2 Å². The van der Waals surface area contributed by atoms with Gasteiger partial charge < -0.3 is 14.6 Å². The molecular weight excluding hydrogens is 342 g/mol. The summed E-state index contributed by atoms with van der Waals surface area (Å²) in [5.41, 5.74) is 2.22. The first-order chi connectivity index (χ1) is 11.9. The van der Waals surface area contributed by atoms with E-state index in [0.29, 0.717) is 10.6 Å². The lowest BCUT2D eigenvalue weighted by Crippen LogP contribution is -2.48. The van der Waals surface area contributed by atoms with Crippen molar-refractivity contribution in [2.24, 2.45) is 0 Å². The number of carbonyl (C=O) groups excluding carboxylic acids is 2. The first-order valence-corrected chi connectivity index (χ1v) is 8.88. The molecule has 0 radical (unpaired) electrons. The second kappa shape index (κ2) is 6.65. The molecule has 0 aliphatic carbocycles. The molecule has 6 nitrogen and oxygen atoms in total. The van der Waals surface area contributed by atoms with Gasteiger partial charge in [0.2, 0.25) is 4.75 Å². The summed E-state index contributed by atoms with van der Waals surface area (Å²) in [6.07, 6.45) is -1.39. The zero-order valence-electron chi connectivity index (χ0n) is 14.2. The normalized spacial score (nSPS) is 18.0. The topological polar surface area (TPSA) is 85.7 Å². The number of pyridine rings is 1. The molecule has 0 amide bonds. The number of hydrogen-bond donors (Lipinski definition) is 1. The Bertz CT molecular complexity index is 833. The van der Waals surface area contributed by atoms with Crippen molar-refractivity contribution in [3.05, 3.63) is 35.4 Å². The van der Waals surface area contributed by atoms with E-state index in [2.05, 4.69) is 4.98 Å². The largest absolute Gasteiger partial charge is 0.464 e. The fourth-order valence-corrected chi connectivity index (χ4v) is 4.13. The summed E-state index contributed by atoms with van der Waals surface area (Å²) in [7, 11) is 0. The fourth-order valence-electron chi connectivity index (χ4n) is 2.87. The van der Waals surface area contributed by atoms with Gasteiger partial charge in [0, 0.05) is 10.9 Å². The van der Waals surface area contributed by atoms with Crippen molar-refractivity contribution in [3.63, 3.8) is 0 Å². The van der Waals surface area contributed by atoms with E-state index in [9.17, 15) is 14.7 Å². The number of aliphatic hydroxyl groups excluding tert-OH is 1. The van der Waals surface area contributed by atoms with Crippen molar-refractivity contribution in [3.8, 4) is 0 Å². The summed E-state index contributed by atoms with van der Waals surface area (Å²) in [6, 6.07) is 7.51. The van der Waals surface area contributed by atoms with Crippen LogP contribution in [0.3, 0.4) is 0 Å². The van der Waals surface area contributed by atoms with E-state index in [1.807, 2.05) is 25.1 Å². The third-order valence-electron chi connectivity index (χ3n) is 4.06. The van der Waals surface area contributed by atoms with Crippen LogP contribution in [0.2, 0.25) is 0 Å². The molecule has 0 saturated carbocycles. The zero-order valence-corrected chi connectivity index (χ0v) is 15.1. The van der Waals surface area contributed by atoms with Crippen LogP contribution in [-0.4, -0.2) is 40.0 Å². The molecule has 1 atom stereocenters. The van der Waals surface area contributed by atoms with Crippen molar-refractivity contribution in [2.45, 2.75) is 36.6 Å². The Hall–Kier alpha value is -2.12. The van der Waals surface area contributed by atoms with E-state index in [-0.39, 0.29) is 13.2 Å². The second-order valence-corrected chi connectivity index (χ2v) is 6.99. The fraction of sp³-hybridized carbons (Fsp3) is 0.389. The average molecular weight is 361 g/mol. The van der Waals surface area contributed by atoms with Crippen molar-refractivity contribution >= 4 is 34.6 Å². The van der Waals surface area contributed by atoms with E-state index >= 15 is 0 Å². The molecule has 0 fully saturated rings. The van der Waals surface area contributed by atoms with Crippen LogP contribution >= 0.6 is 11.8 Å². The number of aromatic nitrogens is 1. The van der Waals surface area contributed by atoms with Crippen LogP contribution in [0, 0.1) is 6.92 Å². The number of hydrogen-bond acceptors (Lipinski definition) is 7. The molecule has 1 aromatic carbocycles. The number of aliphatic hydroxyl groups is 1. The van der Waals surface area contributed by atoms with Gasteiger partial charge >= 0.3 is 11.9 Å². The zero-order chi connectivity index (χ0) is 18.2.